The van der Waals surface area contributed by atoms with E-state index in [2.05, 4.69) is 0 Å². The maximum atomic E-state index is 13.2. The number of para-hydroxylation sites is 1. The third-order valence-corrected chi connectivity index (χ3v) is 5.21. The predicted molar refractivity (Wildman–Crippen MR) is 114 cm³/mol. The molecule has 0 heterocycles. The van der Waals surface area contributed by atoms with Crippen LogP contribution in [0.4, 0.5) is 0 Å². The Balaban J connectivity index is 1.70. The van der Waals surface area contributed by atoms with E-state index in [0.29, 0.717) is 27.5 Å². The summed E-state index contributed by atoms with van der Waals surface area (Å²) in [5.74, 6) is -0.300. The van der Waals surface area contributed by atoms with Gasteiger partial charge in [-0.15, -0.1) is 0 Å². The number of carbonyl (C=O) groups is 3. The lowest BCUT2D eigenvalue weighted by molar-refractivity contribution is 0.0937. The third-order valence-electron chi connectivity index (χ3n) is 4.96. The quantitative estimate of drug-likeness (QED) is 0.507. The van der Waals surface area contributed by atoms with Crippen molar-refractivity contribution < 1.29 is 19.1 Å². The summed E-state index contributed by atoms with van der Waals surface area (Å²) in [6, 6.07) is 22.1. The van der Waals surface area contributed by atoms with Crippen molar-refractivity contribution in [1.82, 2.24) is 0 Å². The van der Waals surface area contributed by atoms with Crippen LogP contribution in [0, 0.1) is 0 Å². The van der Waals surface area contributed by atoms with Gasteiger partial charge in [0.25, 0.3) is 0 Å². The molecular weight excluding hydrogens is 400 g/mol. The Morgan fingerprint density at radius 1 is 0.733 bits per heavy atom. The molecule has 0 bridgehead atoms. The largest absolute Gasteiger partial charge is 0.489 e. The molecule has 0 saturated carbocycles. The van der Waals surface area contributed by atoms with Gasteiger partial charge in [-0.25, -0.2) is 0 Å². The minimum absolute atomic E-state index is 0.0911. The number of carbonyl (C=O) groups excluding carboxylic acids is 3. The Bertz CT molecular complexity index is 1160. The van der Waals surface area contributed by atoms with Gasteiger partial charge >= 0.3 is 0 Å². The molecule has 3 aromatic carbocycles. The first-order chi connectivity index (χ1) is 14.5. The fourth-order valence-corrected chi connectivity index (χ4v) is 3.51. The van der Waals surface area contributed by atoms with E-state index in [0.717, 1.165) is 0 Å². The number of rotatable bonds is 6. The second-order valence-electron chi connectivity index (χ2n) is 6.87. The van der Waals surface area contributed by atoms with Crippen LogP contribution < -0.4 is 4.74 Å². The van der Waals surface area contributed by atoms with Crippen LogP contribution in [0.1, 0.15) is 37.5 Å². The van der Waals surface area contributed by atoms with Gasteiger partial charge in [-0.1, -0.05) is 54.1 Å². The molecule has 0 atom stereocenters. The van der Waals surface area contributed by atoms with Gasteiger partial charge in [0.15, 0.2) is 17.3 Å². The summed E-state index contributed by atoms with van der Waals surface area (Å²) in [7, 11) is 0. The van der Waals surface area contributed by atoms with Crippen molar-refractivity contribution in [2.24, 2.45) is 0 Å². The van der Waals surface area contributed by atoms with E-state index in [9.17, 15) is 14.4 Å². The molecule has 0 spiro atoms. The highest BCUT2D eigenvalue weighted by atomic mass is 35.5. The van der Waals surface area contributed by atoms with E-state index in [1.807, 2.05) is 18.2 Å². The van der Waals surface area contributed by atoms with Gasteiger partial charge in [0, 0.05) is 39.3 Å². The van der Waals surface area contributed by atoms with E-state index in [1.165, 1.54) is 0 Å². The van der Waals surface area contributed by atoms with Gasteiger partial charge in [0.05, 0.1) is 0 Å². The molecule has 4 nitrogen and oxygen atoms in total. The molecular formula is C25H17ClO4. The second-order valence-corrected chi connectivity index (χ2v) is 7.31. The zero-order chi connectivity index (χ0) is 21.1. The average Bonchev–Trinajstić information content (AvgIpc) is 2.78. The number of hydrogen-bond acceptors (Lipinski definition) is 4. The number of halogens is 1. The number of ether oxygens (including phenoxy) is 1. The fraction of sp³-hybridized carbons (Fsp3) is 0.0800. The summed E-state index contributed by atoms with van der Waals surface area (Å²) in [4.78, 5) is 39.1. The molecule has 5 heteroatoms. The maximum absolute atomic E-state index is 13.2. The van der Waals surface area contributed by atoms with Crippen molar-refractivity contribution >= 4 is 29.0 Å². The van der Waals surface area contributed by atoms with Crippen molar-refractivity contribution in [2.45, 2.75) is 6.42 Å². The van der Waals surface area contributed by atoms with Crippen LogP contribution in [0.25, 0.3) is 0 Å². The summed E-state index contributed by atoms with van der Waals surface area (Å²) in [6.07, 6.45) is -0.186. The summed E-state index contributed by atoms with van der Waals surface area (Å²) < 4.78 is 5.75. The van der Waals surface area contributed by atoms with E-state index in [1.54, 1.807) is 60.7 Å². The number of ketones is 3. The standard InChI is InChI=1S/C25H17ClO4/c26-17-12-10-16(11-13-17)23(27)14-21-22(15-30-18-6-2-1-3-7-18)25(29)20-9-5-4-8-19(20)24(21)28/h1-13H,14-15H2. The van der Waals surface area contributed by atoms with Gasteiger partial charge in [-0.05, 0) is 36.4 Å². The Kier molecular flexibility index (Phi) is 5.59. The van der Waals surface area contributed by atoms with Gasteiger partial charge in [0.1, 0.15) is 12.4 Å². The number of Topliss-reactive ketones (excluding diaryl/α,β-unsaturated/α-hetero) is 3. The average molecular weight is 417 g/mol. The SMILES string of the molecule is O=C(CC1=C(COc2ccccc2)C(=O)c2ccccc2C1=O)c1ccc(Cl)cc1. The van der Waals surface area contributed by atoms with Crippen LogP contribution in [-0.4, -0.2) is 24.0 Å². The van der Waals surface area contributed by atoms with E-state index in [-0.39, 0.29) is 41.5 Å². The fourth-order valence-electron chi connectivity index (χ4n) is 3.39. The predicted octanol–water partition coefficient (Wildman–Crippen LogP) is 5.37. The Labute approximate surface area is 178 Å². The zero-order valence-corrected chi connectivity index (χ0v) is 16.7. The molecule has 1 aliphatic carbocycles. The Morgan fingerprint density at radius 2 is 1.30 bits per heavy atom. The lowest BCUT2D eigenvalue weighted by Gasteiger charge is -2.21. The third kappa shape index (κ3) is 3.95. The summed E-state index contributed by atoms with van der Waals surface area (Å²) in [6.45, 7) is -0.0911. The number of hydrogen-bond donors (Lipinski definition) is 0. The molecule has 4 rings (SSSR count). The molecule has 0 N–H and O–H groups in total. The molecule has 1 aliphatic rings. The monoisotopic (exact) mass is 416 g/mol. The molecule has 0 aromatic heterocycles. The number of fused-ring (bicyclic) bond motifs is 1. The molecule has 0 saturated heterocycles. The molecule has 0 aliphatic heterocycles. The lowest BCUT2D eigenvalue weighted by atomic mass is 9.82. The van der Waals surface area contributed by atoms with E-state index >= 15 is 0 Å². The molecule has 3 aromatic rings. The summed E-state index contributed by atoms with van der Waals surface area (Å²) in [5.41, 5.74) is 1.45. The smallest absolute Gasteiger partial charge is 0.193 e. The van der Waals surface area contributed by atoms with Crippen LogP contribution in [0.3, 0.4) is 0 Å². The molecule has 0 fully saturated rings. The first kappa shape index (κ1) is 19.8. The highest BCUT2D eigenvalue weighted by Gasteiger charge is 2.33. The molecule has 0 amide bonds. The topological polar surface area (TPSA) is 60.4 Å². The maximum Gasteiger partial charge on any atom is 0.193 e. The lowest BCUT2D eigenvalue weighted by Crippen LogP contribution is -2.26. The van der Waals surface area contributed by atoms with Crippen molar-refractivity contribution in [3.63, 3.8) is 0 Å². The zero-order valence-electron chi connectivity index (χ0n) is 15.9. The minimum atomic E-state index is -0.320. The number of allylic oxidation sites excluding steroid dienone is 1. The highest BCUT2D eigenvalue weighted by molar-refractivity contribution is 6.31. The Morgan fingerprint density at radius 3 is 1.93 bits per heavy atom. The molecule has 30 heavy (non-hydrogen) atoms. The van der Waals surface area contributed by atoms with Crippen LogP contribution in [-0.2, 0) is 0 Å². The van der Waals surface area contributed by atoms with E-state index in [4.69, 9.17) is 16.3 Å². The van der Waals surface area contributed by atoms with Crippen molar-refractivity contribution in [1.29, 1.82) is 0 Å². The van der Waals surface area contributed by atoms with Crippen LogP contribution >= 0.6 is 11.6 Å². The summed E-state index contributed by atoms with van der Waals surface area (Å²) >= 11 is 5.89. The molecule has 0 unspecified atom stereocenters. The molecule has 0 radical (unpaired) electrons. The van der Waals surface area contributed by atoms with Crippen molar-refractivity contribution in [3.8, 4) is 5.75 Å². The highest BCUT2D eigenvalue weighted by Crippen LogP contribution is 2.30. The van der Waals surface area contributed by atoms with Crippen LogP contribution in [0.2, 0.25) is 5.02 Å². The van der Waals surface area contributed by atoms with Gasteiger partial charge in [0.2, 0.25) is 0 Å². The second kappa shape index (κ2) is 8.47. The van der Waals surface area contributed by atoms with E-state index < -0.39 is 0 Å². The normalized spacial score (nSPS) is 13.2. The van der Waals surface area contributed by atoms with Crippen LogP contribution in [0.15, 0.2) is 90.0 Å². The Hall–Kier alpha value is -3.50. The first-order valence-corrected chi connectivity index (χ1v) is 9.79. The summed E-state index contributed by atoms with van der Waals surface area (Å²) in [5, 5.41) is 0.514. The molecule has 148 valence electrons. The minimum Gasteiger partial charge on any atom is -0.489 e. The first-order valence-electron chi connectivity index (χ1n) is 9.41. The van der Waals surface area contributed by atoms with Gasteiger partial charge in [-0.3, -0.25) is 14.4 Å². The number of benzene rings is 3. The van der Waals surface area contributed by atoms with Crippen molar-refractivity contribution in [2.75, 3.05) is 6.61 Å². The van der Waals surface area contributed by atoms with Crippen LogP contribution in [0.5, 0.6) is 5.75 Å². The van der Waals surface area contributed by atoms with Gasteiger partial charge in [-0.2, -0.15) is 0 Å². The van der Waals surface area contributed by atoms with Crippen molar-refractivity contribution in [3.05, 3.63) is 112 Å². The van der Waals surface area contributed by atoms with Gasteiger partial charge < -0.3 is 4.74 Å².